The van der Waals surface area contributed by atoms with Crippen molar-refractivity contribution in [1.82, 2.24) is 0 Å². The number of allylic oxidation sites excluding steroid dienone is 1. The molecule has 0 aliphatic carbocycles. The van der Waals surface area contributed by atoms with E-state index in [4.69, 9.17) is 9.63 Å². The first-order chi connectivity index (χ1) is 8.64. The molecule has 0 aliphatic rings. The van der Waals surface area contributed by atoms with Crippen LogP contribution in [0.4, 0.5) is 0 Å². The number of quaternary nitrogens is 1. The zero-order chi connectivity index (χ0) is 15.5. The normalized spacial score (nSPS) is 11.9. The van der Waals surface area contributed by atoms with E-state index >= 15 is 0 Å². The fraction of sp³-hybridized carbons (Fsp3) is 0.727. The van der Waals surface area contributed by atoms with Gasteiger partial charge in [0.15, 0.2) is 0 Å². The number of ether oxygens (including phenoxy) is 1. The van der Waals surface area contributed by atoms with Crippen LogP contribution in [0.15, 0.2) is 12.2 Å². The minimum Gasteiger partial charge on any atom is -0.412 e. The maximum atomic E-state index is 10.9. The zero-order valence-electron chi connectivity index (χ0n) is 12.5. The Bertz CT molecular complexity index is 321. The van der Waals surface area contributed by atoms with E-state index in [1.165, 1.54) is 6.08 Å². The van der Waals surface area contributed by atoms with E-state index in [0.29, 0.717) is 11.2 Å². The Morgan fingerprint density at radius 1 is 1.32 bits per heavy atom. The highest BCUT2D eigenvalue weighted by Crippen LogP contribution is 2.40. The maximum Gasteiger partial charge on any atom is 0.471 e. The zero-order valence-corrected chi connectivity index (χ0v) is 13.3. The minimum atomic E-state index is -3.65. The molecule has 0 atom stereocenters. The fourth-order valence-electron chi connectivity index (χ4n) is 0.588. The molecule has 1 N–H and O–H groups in total. The number of hydrogen-bond donors (Lipinski definition) is 1. The molecule has 7 nitrogen and oxygen atoms in total. The Morgan fingerprint density at radius 3 is 2.05 bits per heavy atom. The monoisotopic (exact) mass is 298 g/mol. The van der Waals surface area contributed by atoms with Gasteiger partial charge in [-0.2, -0.15) is 0 Å². The van der Waals surface area contributed by atoms with E-state index in [1.807, 2.05) is 14.1 Å². The van der Waals surface area contributed by atoms with Gasteiger partial charge < -0.3 is 9.63 Å². The number of phosphoric acid groups is 1. The molecule has 0 saturated heterocycles. The Hall–Kier alpha value is -0.720. The largest absolute Gasteiger partial charge is 0.471 e. The molecule has 0 aromatic carbocycles. The highest BCUT2D eigenvalue weighted by Gasteiger charge is 2.13. The SMILES string of the molecule is CC=CC(=O)OC[N+](C)(C)CC.COP(=O)(O)OC. The van der Waals surface area contributed by atoms with Crippen LogP contribution in [0.1, 0.15) is 13.8 Å². The smallest absolute Gasteiger partial charge is 0.412 e. The molecule has 0 radical (unpaired) electrons. The van der Waals surface area contributed by atoms with Crippen LogP contribution in [0.2, 0.25) is 0 Å². The predicted octanol–water partition coefficient (Wildman–Crippen LogP) is 1.54. The van der Waals surface area contributed by atoms with Gasteiger partial charge in [0.05, 0.1) is 20.6 Å². The standard InChI is InChI=1S/C9H18NO2.C2H7O4P/c1-5-7-9(11)12-8-10(3,4)6-2;1-5-7(3,4)6-2/h5,7H,6,8H2,1-4H3;1-2H3,(H,3,4)/q+1;. The molecule has 0 aromatic heterocycles. The van der Waals surface area contributed by atoms with E-state index in [1.54, 1.807) is 13.0 Å². The summed E-state index contributed by atoms with van der Waals surface area (Å²) in [5, 5.41) is 0. The van der Waals surface area contributed by atoms with E-state index in [9.17, 15) is 9.36 Å². The molecular weight excluding hydrogens is 273 g/mol. The van der Waals surface area contributed by atoms with Crippen molar-refractivity contribution >= 4 is 13.8 Å². The molecule has 114 valence electrons. The first-order valence-electron chi connectivity index (χ1n) is 5.69. The lowest BCUT2D eigenvalue weighted by molar-refractivity contribution is -0.905. The molecule has 0 amide bonds. The molecular formula is C11H25NO6P+. The molecule has 19 heavy (non-hydrogen) atoms. The number of esters is 1. The lowest BCUT2D eigenvalue weighted by Gasteiger charge is -2.26. The molecule has 0 spiro atoms. The summed E-state index contributed by atoms with van der Waals surface area (Å²) in [7, 11) is 2.58. The third kappa shape index (κ3) is 13.5. The van der Waals surface area contributed by atoms with Crippen LogP contribution in [-0.4, -0.2) is 56.9 Å². The van der Waals surface area contributed by atoms with Gasteiger partial charge in [-0.25, -0.2) is 9.36 Å². The quantitative estimate of drug-likeness (QED) is 0.263. The molecule has 0 unspecified atom stereocenters. The third-order valence-electron chi connectivity index (χ3n) is 2.18. The van der Waals surface area contributed by atoms with Gasteiger partial charge in [0.2, 0.25) is 6.73 Å². The number of carbonyl (C=O) groups excluding carboxylic acids is 1. The van der Waals surface area contributed by atoms with Crippen molar-refractivity contribution < 1.29 is 32.5 Å². The Labute approximate surface area is 115 Å². The number of hydrogen-bond acceptors (Lipinski definition) is 5. The van der Waals surface area contributed by atoms with Gasteiger partial charge >= 0.3 is 13.8 Å². The summed E-state index contributed by atoms with van der Waals surface area (Å²) in [4.78, 5) is 19.1. The summed E-state index contributed by atoms with van der Waals surface area (Å²) in [6.45, 7) is 5.23. The summed E-state index contributed by atoms with van der Waals surface area (Å²) in [5.74, 6) is -0.267. The summed E-state index contributed by atoms with van der Waals surface area (Å²) in [6.07, 6.45) is 3.10. The summed E-state index contributed by atoms with van der Waals surface area (Å²) >= 11 is 0. The van der Waals surface area contributed by atoms with Crippen molar-refractivity contribution in [3.63, 3.8) is 0 Å². The van der Waals surface area contributed by atoms with E-state index in [2.05, 4.69) is 16.0 Å². The van der Waals surface area contributed by atoms with Gasteiger partial charge in [-0.05, 0) is 13.8 Å². The average Bonchev–Trinajstić information content (AvgIpc) is 2.38. The van der Waals surface area contributed by atoms with Crippen LogP contribution in [-0.2, 0) is 23.1 Å². The second-order valence-electron chi connectivity index (χ2n) is 4.18. The predicted molar refractivity (Wildman–Crippen MR) is 72.3 cm³/mol. The summed E-state index contributed by atoms with van der Waals surface area (Å²) in [6, 6.07) is 0. The van der Waals surface area contributed by atoms with Crippen molar-refractivity contribution in [1.29, 1.82) is 0 Å². The molecule has 0 aliphatic heterocycles. The van der Waals surface area contributed by atoms with Gasteiger partial charge in [-0.15, -0.1) is 0 Å². The molecule has 0 aromatic rings. The maximum absolute atomic E-state index is 10.9. The van der Waals surface area contributed by atoms with Crippen LogP contribution >= 0.6 is 7.82 Å². The second kappa shape index (κ2) is 10.1. The van der Waals surface area contributed by atoms with Gasteiger partial charge in [0, 0.05) is 20.3 Å². The lowest BCUT2D eigenvalue weighted by atomic mass is 10.5. The highest BCUT2D eigenvalue weighted by atomic mass is 31.2. The average molecular weight is 298 g/mol. The van der Waals surface area contributed by atoms with Crippen LogP contribution in [0, 0.1) is 0 Å². The van der Waals surface area contributed by atoms with Crippen molar-refractivity contribution in [3.8, 4) is 0 Å². The van der Waals surface area contributed by atoms with Crippen molar-refractivity contribution in [2.75, 3.05) is 41.6 Å². The Morgan fingerprint density at radius 2 is 1.79 bits per heavy atom. The number of phosphoric ester groups is 1. The van der Waals surface area contributed by atoms with Crippen molar-refractivity contribution in [2.45, 2.75) is 13.8 Å². The van der Waals surface area contributed by atoms with Crippen LogP contribution < -0.4 is 0 Å². The summed E-state index contributed by atoms with van der Waals surface area (Å²) in [5.41, 5.74) is 0. The lowest BCUT2D eigenvalue weighted by Crippen LogP contribution is -2.41. The van der Waals surface area contributed by atoms with Gasteiger partial charge in [0.25, 0.3) is 0 Å². The summed E-state index contributed by atoms with van der Waals surface area (Å²) < 4.78 is 23.7. The molecule has 0 rings (SSSR count). The first kappa shape index (κ1) is 20.6. The fourth-order valence-corrected chi connectivity index (χ4v) is 0.737. The third-order valence-corrected chi connectivity index (χ3v) is 3.10. The Balaban J connectivity index is 0. The van der Waals surface area contributed by atoms with Crippen molar-refractivity contribution in [2.24, 2.45) is 0 Å². The molecule has 0 saturated carbocycles. The molecule has 0 bridgehead atoms. The highest BCUT2D eigenvalue weighted by molar-refractivity contribution is 7.47. The second-order valence-corrected chi connectivity index (χ2v) is 5.85. The van der Waals surface area contributed by atoms with Crippen LogP contribution in [0.25, 0.3) is 0 Å². The minimum absolute atomic E-state index is 0.267. The van der Waals surface area contributed by atoms with Crippen molar-refractivity contribution in [3.05, 3.63) is 12.2 Å². The molecule has 8 heteroatoms. The van der Waals surface area contributed by atoms with Crippen LogP contribution in [0.5, 0.6) is 0 Å². The Kier molecular flexibility index (Phi) is 11.0. The number of rotatable bonds is 6. The van der Waals surface area contributed by atoms with Gasteiger partial charge in [-0.1, -0.05) is 6.08 Å². The molecule has 0 fully saturated rings. The van der Waals surface area contributed by atoms with Gasteiger partial charge in [-0.3, -0.25) is 13.5 Å². The molecule has 0 heterocycles. The number of carbonyl (C=O) groups is 1. The first-order valence-corrected chi connectivity index (χ1v) is 7.19. The number of nitrogens with zero attached hydrogens (tertiary/aromatic N) is 1. The van der Waals surface area contributed by atoms with E-state index < -0.39 is 7.82 Å². The topological polar surface area (TPSA) is 82.1 Å². The van der Waals surface area contributed by atoms with E-state index in [-0.39, 0.29) is 5.97 Å². The van der Waals surface area contributed by atoms with Gasteiger partial charge in [0.1, 0.15) is 0 Å². The van der Waals surface area contributed by atoms with Crippen LogP contribution in [0.3, 0.4) is 0 Å². The van der Waals surface area contributed by atoms with E-state index in [0.717, 1.165) is 20.8 Å².